The van der Waals surface area contributed by atoms with Gasteiger partial charge in [0.05, 0.1) is 5.54 Å². The average molecular weight is 190 g/mol. The summed E-state index contributed by atoms with van der Waals surface area (Å²) in [6, 6.07) is 1.80. The van der Waals surface area contributed by atoms with E-state index >= 15 is 0 Å². The molecule has 3 N–H and O–H groups in total. The van der Waals surface area contributed by atoms with Crippen LogP contribution >= 0.6 is 0 Å². The fourth-order valence-corrected chi connectivity index (χ4v) is 1.01. The lowest BCUT2D eigenvalue weighted by Gasteiger charge is -2.20. The number of anilines is 2. The normalized spacial score (nSPS) is 10.7. The molecule has 0 aliphatic rings. The molecule has 0 fully saturated rings. The molecule has 0 saturated heterocycles. The molecule has 0 spiro atoms. The Morgan fingerprint density at radius 3 is 2.64 bits per heavy atom. The largest absolute Gasteiger partial charge is 0.368 e. The van der Waals surface area contributed by atoms with Gasteiger partial charge in [-0.25, -0.2) is 4.98 Å². The highest BCUT2D eigenvalue weighted by atomic mass is 15.1. The van der Waals surface area contributed by atoms with E-state index in [1.807, 2.05) is 20.8 Å². The number of hydrogen-bond donors (Lipinski definition) is 2. The predicted molar refractivity (Wildman–Crippen MR) is 57.7 cm³/mol. The molecule has 74 valence electrons. The van der Waals surface area contributed by atoms with Crippen molar-refractivity contribution in [2.75, 3.05) is 11.1 Å². The van der Waals surface area contributed by atoms with Gasteiger partial charge in [-0.1, -0.05) is 5.92 Å². The highest BCUT2D eigenvalue weighted by Gasteiger charge is 2.14. The minimum Gasteiger partial charge on any atom is -0.368 e. The summed E-state index contributed by atoms with van der Waals surface area (Å²) in [5, 5.41) is 3.08. The van der Waals surface area contributed by atoms with Gasteiger partial charge in [-0.15, -0.1) is 6.42 Å². The number of aryl methyl sites for hydroxylation is 1. The van der Waals surface area contributed by atoms with Crippen LogP contribution in [0.15, 0.2) is 6.07 Å². The first-order chi connectivity index (χ1) is 6.43. The first kappa shape index (κ1) is 10.3. The Morgan fingerprint density at radius 2 is 2.14 bits per heavy atom. The summed E-state index contributed by atoms with van der Waals surface area (Å²) in [5.74, 6) is 3.52. The molecule has 0 unspecified atom stereocenters. The number of nitrogens with one attached hydrogen (secondary N) is 1. The molecule has 0 amide bonds. The smallest absolute Gasteiger partial charge is 0.222 e. The highest BCUT2D eigenvalue weighted by Crippen LogP contribution is 2.13. The molecule has 1 aromatic heterocycles. The summed E-state index contributed by atoms with van der Waals surface area (Å²) >= 11 is 0. The molecule has 0 aliphatic heterocycles. The monoisotopic (exact) mass is 190 g/mol. The van der Waals surface area contributed by atoms with Crippen LogP contribution in [0.5, 0.6) is 0 Å². The summed E-state index contributed by atoms with van der Waals surface area (Å²) in [4.78, 5) is 7.99. The number of nitrogens with two attached hydrogens (primary N) is 1. The van der Waals surface area contributed by atoms with E-state index in [0.717, 1.165) is 5.69 Å². The zero-order valence-corrected chi connectivity index (χ0v) is 8.63. The number of hydrogen-bond acceptors (Lipinski definition) is 4. The third kappa shape index (κ3) is 2.63. The maximum Gasteiger partial charge on any atom is 0.222 e. The molecule has 1 rings (SSSR count). The molecule has 0 saturated carbocycles. The van der Waals surface area contributed by atoms with E-state index in [-0.39, 0.29) is 5.95 Å². The van der Waals surface area contributed by atoms with Crippen molar-refractivity contribution < 1.29 is 0 Å². The zero-order valence-electron chi connectivity index (χ0n) is 8.63. The van der Waals surface area contributed by atoms with E-state index in [0.29, 0.717) is 5.82 Å². The Hall–Kier alpha value is -1.76. The summed E-state index contributed by atoms with van der Waals surface area (Å²) in [6.45, 7) is 5.63. The van der Waals surface area contributed by atoms with Gasteiger partial charge in [0.2, 0.25) is 5.95 Å². The Labute approximate surface area is 83.9 Å². The van der Waals surface area contributed by atoms with E-state index < -0.39 is 5.54 Å². The number of nitrogen functional groups attached to an aromatic ring is 1. The minimum absolute atomic E-state index is 0.250. The van der Waals surface area contributed by atoms with Crippen LogP contribution in [0.4, 0.5) is 11.8 Å². The number of rotatable bonds is 2. The number of terminal acetylenes is 1. The number of nitrogens with zero attached hydrogens (tertiary/aromatic N) is 2. The average Bonchev–Trinajstić information content (AvgIpc) is 2.01. The first-order valence-electron chi connectivity index (χ1n) is 4.30. The topological polar surface area (TPSA) is 63.8 Å². The third-order valence-electron chi connectivity index (χ3n) is 1.67. The van der Waals surface area contributed by atoms with E-state index in [1.165, 1.54) is 0 Å². The van der Waals surface area contributed by atoms with Gasteiger partial charge in [0.1, 0.15) is 5.82 Å². The van der Waals surface area contributed by atoms with Gasteiger partial charge in [-0.05, 0) is 20.8 Å². The van der Waals surface area contributed by atoms with Crippen LogP contribution in [0.1, 0.15) is 19.5 Å². The van der Waals surface area contributed by atoms with Gasteiger partial charge in [0.15, 0.2) is 0 Å². The first-order valence-corrected chi connectivity index (χ1v) is 4.30. The molecule has 0 radical (unpaired) electrons. The van der Waals surface area contributed by atoms with Crippen molar-refractivity contribution in [1.82, 2.24) is 9.97 Å². The van der Waals surface area contributed by atoms with Gasteiger partial charge in [0, 0.05) is 11.8 Å². The lowest BCUT2D eigenvalue weighted by molar-refractivity contribution is 0.735. The van der Waals surface area contributed by atoms with Crippen LogP contribution in [0.3, 0.4) is 0 Å². The van der Waals surface area contributed by atoms with E-state index in [1.54, 1.807) is 6.07 Å². The van der Waals surface area contributed by atoms with Gasteiger partial charge in [-0.2, -0.15) is 4.98 Å². The van der Waals surface area contributed by atoms with Gasteiger partial charge >= 0.3 is 0 Å². The van der Waals surface area contributed by atoms with Crippen LogP contribution in [0.25, 0.3) is 0 Å². The van der Waals surface area contributed by atoms with Crippen molar-refractivity contribution >= 4 is 11.8 Å². The minimum atomic E-state index is -0.437. The van der Waals surface area contributed by atoms with Crippen LogP contribution in [-0.2, 0) is 0 Å². The zero-order chi connectivity index (χ0) is 10.8. The quantitative estimate of drug-likeness (QED) is 0.687. The molecule has 4 nitrogen and oxygen atoms in total. The SMILES string of the molecule is C#CC(C)(C)Nc1cc(C)nc(N)n1. The van der Waals surface area contributed by atoms with Gasteiger partial charge in [-0.3, -0.25) is 0 Å². The predicted octanol–water partition coefficient (Wildman–Crippen LogP) is 1.19. The Morgan fingerprint density at radius 1 is 1.50 bits per heavy atom. The van der Waals surface area contributed by atoms with Crippen LogP contribution in [0, 0.1) is 19.3 Å². The van der Waals surface area contributed by atoms with E-state index in [2.05, 4.69) is 21.2 Å². The maximum atomic E-state index is 5.51. The molecule has 4 heteroatoms. The second kappa shape index (κ2) is 3.54. The standard InChI is InChI=1S/C10H14N4/c1-5-10(3,4)14-8-6-7(2)12-9(11)13-8/h1,6H,2-4H3,(H3,11,12,13,14). The summed E-state index contributed by atoms with van der Waals surface area (Å²) in [5.41, 5.74) is 5.88. The van der Waals surface area contributed by atoms with Crippen LogP contribution in [0.2, 0.25) is 0 Å². The molecular weight excluding hydrogens is 176 g/mol. The molecule has 0 atom stereocenters. The van der Waals surface area contributed by atoms with Crippen molar-refractivity contribution in [3.8, 4) is 12.3 Å². The molecule has 14 heavy (non-hydrogen) atoms. The fraction of sp³-hybridized carbons (Fsp3) is 0.400. The summed E-state index contributed by atoms with van der Waals surface area (Å²) < 4.78 is 0. The molecule has 0 bridgehead atoms. The van der Waals surface area contributed by atoms with Gasteiger partial charge < -0.3 is 11.1 Å². The third-order valence-corrected chi connectivity index (χ3v) is 1.67. The summed E-state index contributed by atoms with van der Waals surface area (Å²) in [7, 11) is 0. The lowest BCUT2D eigenvalue weighted by Crippen LogP contribution is -2.29. The van der Waals surface area contributed by atoms with E-state index in [9.17, 15) is 0 Å². The Balaban J connectivity index is 2.94. The van der Waals surface area contributed by atoms with E-state index in [4.69, 9.17) is 12.2 Å². The maximum absolute atomic E-state index is 5.51. The Kier molecular flexibility index (Phi) is 2.61. The Bertz CT molecular complexity index is 356. The summed E-state index contributed by atoms with van der Waals surface area (Å²) in [6.07, 6.45) is 5.34. The molecule has 1 aromatic rings. The second-order valence-corrected chi connectivity index (χ2v) is 3.65. The molecule has 0 aromatic carbocycles. The molecule has 1 heterocycles. The van der Waals surface area contributed by atoms with Crippen LogP contribution < -0.4 is 11.1 Å². The fourth-order valence-electron chi connectivity index (χ4n) is 1.01. The molecule has 0 aliphatic carbocycles. The van der Waals surface area contributed by atoms with Crippen LogP contribution in [-0.4, -0.2) is 15.5 Å². The highest BCUT2D eigenvalue weighted by molar-refractivity contribution is 5.44. The second-order valence-electron chi connectivity index (χ2n) is 3.65. The van der Waals surface area contributed by atoms with Crippen molar-refractivity contribution in [2.24, 2.45) is 0 Å². The molecular formula is C10H14N4. The van der Waals surface area contributed by atoms with Crippen molar-refractivity contribution in [3.63, 3.8) is 0 Å². The van der Waals surface area contributed by atoms with Crippen molar-refractivity contribution in [1.29, 1.82) is 0 Å². The lowest BCUT2D eigenvalue weighted by atomic mass is 10.1. The van der Waals surface area contributed by atoms with Crippen molar-refractivity contribution in [2.45, 2.75) is 26.3 Å². The number of aromatic nitrogens is 2. The van der Waals surface area contributed by atoms with Crippen molar-refractivity contribution in [3.05, 3.63) is 11.8 Å². The van der Waals surface area contributed by atoms with Gasteiger partial charge in [0.25, 0.3) is 0 Å².